The van der Waals surface area contributed by atoms with Crippen molar-refractivity contribution in [3.05, 3.63) is 34.2 Å². The minimum absolute atomic E-state index is 0.175. The molecule has 0 aliphatic rings. The molecule has 0 unspecified atom stereocenters. The number of pyridine rings is 1. The van der Waals surface area contributed by atoms with Gasteiger partial charge >= 0.3 is 0 Å². The molecule has 3 heteroatoms. The lowest BCUT2D eigenvalue weighted by Gasteiger charge is -2.04. The van der Waals surface area contributed by atoms with Crippen LogP contribution in [0, 0.1) is 11.3 Å². The van der Waals surface area contributed by atoms with Gasteiger partial charge in [0, 0.05) is 12.7 Å². The van der Waals surface area contributed by atoms with Crippen molar-refractivity contribution in [2.45, 2.75) is 32.7 Å². The Labute approximate surface area is 83.6 Å². The van der Waals surface area contributed by atoms with E-state index in [0.717, 1.165) is 19.3 Å². The van der Waals surface area contributed by atoms with Gasteiger partial charge in [-0.05, 0) is 18.6 Å². The van der Waals surface area contributed by atoms with E-state index < -0.39 is 0 Å². The van der Waals surface area contributed by atoms with Gasteiger partial charge in [-0.2, -0.15) is 5.26 Å². The summed E-state index contributed by atoms with van der Waals surface area (Å²) < 4.78 is 1.61. The molecule has 0 aliphatic heterocycles. The largest absolute Gasteiger partial charge is 0.314 e. The summed E-state index contributed by atoms with van der Waals surface area (Å²) in [5.41, 5.74) is 0.0510. The second-order valence-electron chi connectivity index (χ2n) is 3.24. The van der Waals surface area contributed by atoms with E-state index >= 15 is 0 Å². The normalized spacial score (nSPS) is 9.71. The summed E-state index contributed by atoms with van der Waals surface area (Å²) in [6, 6.07) is 5.19. The Morgan fingerprint density at radius 2 is 2.29 bits per heavy atom. The number of aryl methyl sites for hydroxylation is 1. The zero-order valence-corrected chi connectivity index (χ0v) is 8.36. The van der Waals surface area contributed by atoms with Gasteiger partial charge in [-0.1, -0.05) is 19.8 Å². The zero-order valence-electron chi connectivity index (χ0n) is 8.36. The van der Waals surface area contributed by atoms with Crippen molar-refractivity contribution in [3.8, 4) is 6.07 Å². The molecular weight excluding hydrogens is 176 g/mol. The average Bonchev–Trinajstić information content (AvgIpc) is 2.21. The second kappa shape index (κ2) is 5.23. The Hall–Kier alpha value is -1.56. The van der Waals surface area contributed by atoms with Crippen molar-refractivity contribution in [2.24, 2.45) is 0 Å². The van der Waals surface area contributed by atoms with Gasteiger partial charge in [0.15, 0.2) is 0 Å². The summed E-state index contributed by atoms with van der Waals surface area (Å²) in [5.74, 6) is 0. The van der Waals surface area contributed by atoms with Crippen LogP contribution < -0.4 is 5.56 Å². The van der Waals surface area contributed by atoms with Crippen LogP contribution in [0.25, 0.3) is 0 Å². The summed E-state index contributed by atoms with van der Waals surface area (Å²) in [7, 11) is 0. The highest BCUT2D eigenvalue weighted by molar-refractivity contribution is 5.24. The Bertz CT molecular complexity index is 387. The molecule has 1 aromatic heterocycles. The van der Waals surface area contributed by atoms with E-state index in [1.54, 1.807) is 22.9 Å². The smallest absolute Gasteiger partial charge is 0.268 e. The van der Waals surface area contributed by atoms with Crippen LogP contribution in [-0.4, -0.2) is 4.57 Å². The second-order valence-corrected chi connectivity index (χ2v) is 3.24. The van der Waals surface area contributed by atoms with Gasteiger partial charge in [-0.25, -0.2) is 0 Å². The van der Waals surface area contributed by atoms with E-state index in [4.69, 9.17) is 5.26 Å². The quantitative estimate of drug-likeness (QED) is 0.681. The molecule has 0 amide bonds. The fourth-order valence-electron chi connectivity index (χ4n) is 1.33. The molecule has 0 bridgehead atoms. The first-order valence-corrected chi connectivity index (χ1v) is 4.89. The molecule has 1 heterocycles. The van der Waals surface area contributed by atoms with Crippen LogP contribution in [0.2, 0.25) is 0 Å². The van der Waals surface area contributed by atoms with Crippen LogP contribution >= 0.6 is 0 Å². The van der Waals surface area contributed by atoms with E-state index in [0.29, 0.717) is 6.54 Å². The van der Waals surface area contributed by atoms with Crippen LogP contribution in [0.3, 0.4) is 0 Å². The van der Waals surface area contributed by atoms with Crippen molar-refractivity contribution in [2.75, 3.05) is 0 Å². The molecule has 0 aliphatic carbocycles. The van der Waals surface area contributed by atoms with Crippen LogP contribution in [-0.2, 0) is 6.54 Å². The minimum atomic E-state index is -0.175. The summed E-state index contributed by atoms with van der Waals surface area (Å²) in [4.78, 5) is 11.5. The fraction of sp³-hybridized carbons (Fsp3) is 0.455. The molecule has 0 radical (unpaired) electrons. The van der Waals surface area contributed by atoms with Crippen LogP contribution in [0.4, 0.5) is 0 Å². The number of nitriles is 1. The van der Waals surface area contributed by atoms with Gasteiger partial charge in [0.1, 0.15) is 11.6 Å². The summed E-state index contributed by atoms with van der Waals surface area (Å²) in [5, 5.41) is 8.65. The molecule has 0 atom stereocenters. The van der Waals surface area contributed by atoms with Crippen molar-refractivity contribution in [3.63, 3.8) is 0 Å². The molecule has 0 fully saturated rings. The SMILES string of the molecule is CCCCCn1cccc(C#N)c1=O. The van der Waals surface area contributed by atoms with Gasteiger partial charge < -0.3 is 4.57 Å². The van der Waals surface area contributed by atoms with Gasteiger partial charge in [0.05, 0.1) is 0 Å². The molecule has 0 N–H and O–H groups in total. The average molecular weight is 190 g/mol. The maximum atomic E-state index is 11.5. The van der Waals surface area contributed by atoms with E-state index in [9.17, 15) is 4.79 Å². The van der Waals surface area contributed by atoms with Crippen molar-refractivity contribution >= 4 is 0 Å². The molecule has 0 aromatic carbocycles. The molecule has 14 heavy (non-hydrogen) atoms. The Morgan fingerprint density at radius 1 is 1.50 bits per heavy atom. The monoisotopic (exact) mass is 190 g/mol. The van der Waals surface area contributed by atoms with E-state index in [1.807, 2.05) is 6.07 Å². The molecule has 1 rings (SSSR count). The Morgan fingerprint density at radius 3 is 2.93 bits per heavy atom. The van der Waals surface area contributed by atoms with Gasteiger partial charge in [-0.3, -0.25) is 4.79 Å². The highest BCUT2D eigenvalue weighted by Gasteiger charge is 2.00. The third-order valence-corrected chi connectivity index (χ3v) is 2.14. The van der Waals surface area contributed by atoms with E-state index in [1.165, 1.54) is 0 Å². The number of unbranched alkanes of at least 4 members (excludes halogenated alkanes) is 2. The topological polar surface area (TPSA) is 45.8 Å². The minimum Gasteiger partial charge on any atom is -0.314 e. The molecular formula is C11H14N2O. The van der Waals surface area contributed by atoms with Crippen LogP contribution in [0.5, 0.6) is 0 Å². The molecule has 0 spiro atoms. The fourth-order valence-corrected chi connectivity index (χ4v) is 1.33. The lowest BCUT2D eigenvalue weighted by molar-refractivity contribution is 0.587. The lowest BCUT2D eigenvalue weighted by atomic mass is 10.2. The van der Waals surface area contributed by atoms with Crippen molar-refractivity contribution in [1.82, 2.24) is 4.57 Å². The van der Waals surface area contributed by atoms with Crippen molar-refractivity contribution in [1.29, 1.82) is 5.26 Å². The van der Waals surface area contributed by atoms with Crippen LogP contribution in [0.1, 0.15) is 31.7 Å². The maximum absolute atomic E-state index is 11.5. The first-order chi connectivity index (χ1) is 6.79. The number of rotatable bonds is 4. The highest BCUT2D eigenvalue weighted by Crippen LogP contribution is 1.97. The predicted octanol–water partition coefficient (Wildman–Crippen LogP) is 1.91. The standard InChI is InChI=1S/C11H14N2O/c1-2-3-4-7-13-8-5-6-10(9-12)11(13)14/h5-6,8H,2-4,7H2,1H3. The number of hydrogen-bond acceptors (Lipinski definition) is 2. The van der Waals surface area contributed by atoms with E-state index in [-0.39, 0.29) is 11.1 Å². The number of aromatic nitrogens is 1. The van der Waals surface area contributed by atoms with Gasteiger partial charge in [0.2, 0.25) is 0 Å². The summed E-state index contributed by atoms with van der Waals surface area (Å²) in [6.07, 6.45) is 4.97. The molecule has 0 saturated carbocycles. The van der Waals surface area contributed by atoms with E-state index in [2.05, 4.69) is 6.92 Å². The molecule has 3 nitrogen and oxygen atoms in total. The zero-order chi connectivity index (χ0) is 10.4. The summed E-state index contributed by atoms with van der Waals surface area (Å²) >= 11 is 0. The van der Waals surface area contributed by atoms with Crippen LogP contribution in [0.15, 0.2) is 23.1 Å². The Kier molecular flexibility index (Phi) is 3.93. The number of hydrogen-bond donors (Lipinski definition) is 0. The van der Waals surface area contributed by atoms with Gasteiger partial charge in [-0.15, -0.1) is 0 Å². The lowest BCUT2D eigenvalue weighted by Crippen LogP contribution is -2.21. The third-order valence-electron chi connectivity index (χ3n) is 2.14. The predicted molar refractivity (Wildman–Crippen MR) is 54.9 cm³/mol. The first kappa shape index (κ1) is 10.5. The molecule has 1 aromatic rings. The highest BCUT2D eigenvalue weighted by atomic mass is 16.1. The van der Waals surface area contributed by atoms with Gasteiger partial charge in [0.25, 0.3) is 5.56 Å². The Balaban J connectivity index is 2.79. The third kappa shape index (κ3) is 2.46. The molecule has 74 valence electrons. The maximum Gasteiger partial charge on any atom is 0.268 e. The van der Waals surface area contributed by atoms with Crippen molar-refractivity contribution < 1.29 is 0 Å². The first-order valence-electron chi connectivity index (χ1n) is 4.89. The molecule has 0 saturated heterocycles. The summed E-state index contributed by atoms with van der Waals surface area (Å²) in [6.45, 7) is 2.83. The number of nitrogens with zero attached hydrogens (tertiary/aromatic N) is 2.